The molecule has 0 unspecified atom stereocenters. The van der Waals surface area contributed by atoms with Gasteiger partial charge in [-0.15, -0.1) is 0 Å². The van der Waals surface area contributed by atoms with Crippen LogP contribution in [0.25, 0.3) is 0 Å². The molecule has 0 saturated heterocycles. The quantitative estimate of drug-likeness (QED) is 0.131. The molecule has 37 heteroatoms. The standard InChI is InChI=1S/6H3N.24O.7W/h6*1H3;;;;;;;;;;;;;;;;;;;;;;;;;;;;;;;/q;;;;;;;;;;;;;;;;;;12*-1;;;;;;;/p+6. The molecule has 0 aromatic rings. The maximum absolute atomic E-state index is 8.65. The van der Waals surface area contributed by atoms with E-state index < -0.39 is 100 Å². The molecule has 0 aromatic heterocycles. The van der Waals surface area contributed by atoms with Crippen molar-refractivity contribution >= 4 is 0 Å². The van der Waals surface area contributed by atoms with Gasteiger partial charge in [0.05, 0.1) is 0 Å². The zero-order valence-electron chi connectivity index (χ0n) is 18.7. The van der Waals surface area contributed by atoms with Gasteiger partial charge in [0.15, 0.2) is 0 Å². The molecule has 0 fully saturated rings. The van der Waals surface area contributed by atoms with Crippen LogP contribution in [0.3, 0.4) is 0 Å². The molecule has 37 heavy (non-hydrogen) atoms. The maximum atomic E-state index is 8.65. The van der Waals surface area contributed by atoms with Crippen LogP contribution in [-0.4, -0.2) is 0 Å². The van der Waals surface area contributed by atoms with E-state index in [1.165, 1.54) is 0 Å². The zero-order chi connectivity index (χ0) is 27.0. The predicted molar refractivity (Wildman–Crippen MR) is 44.1 cm³/mol. The molecule has 0 saturated carbocycles. The van der Waals surface area contributed by atoms with E-state index in [0.717, 1.165) is 0 Å². The predicted octanol–water partition coefficient (Wildman–Crippen LogP) is -13.5. The zero-order valence-corrected chi connectivity index (χ0v) is 39.2. The van der Waals surface area contributed by atoms with E-state index in [-0.39, 0.29) is 58.0 Å². The third-order valence-electron chi connectivity index (χ3n) is 0. The number of hydrogen-bond acceptors (Lipinski definition) is 24. The Kier molecular flexibility index (Phi) is 80.4. The summed E-state index contributed by atoms with van der Waals surface area (Å²) in [6.45, 7) is 0. The summed E-state index contributed by atoms with van der Waals surface area (Å²) in [5.74, 6) is 0. The van der Waals surface area contributed by atoms with Crippen LogP contribution in [0.4, 0.5) is 0 Å². The summed E-state index contributed by atoms with van der Waals surface area (Å²) in [6.07, 6.45) is 0. The Bertz CT molecular complexity index is 779. The van der Waals surface area contributed by atoms with E-state index in [1.807, 2.05) is 0 Å². The molecule has 0 aliphatic carbocycles. The Morgan fingerprint density at radius 1 is 0.216 bits per heavy atom. The Labute approximate surface area is 241 Å². The first-order valence-electron chi connectivity index (χ1n) is 4.00. The molecule has 0 amide bonds. The van der Waals surface area contributed by atoms with Crippen LogP contribution in [0.15, 0.2) is 0 Å². The van der Waals surface area contributed by atoms with Crippen molar-refractivity contribution < 1.29 is 207 Å². The van der Waals surface area contributed by atoms with Gasteiger partial charge >= 0.3 is 186 Å². The molecule has 0 aliphatic rings. The second-order valence-corrected chi connectivity index (χ2v) is 20.0. The summed E-state index contributed by atoms with van der Waals surface area (Å²) in [5, 5.41) is 0. The minimum Gasteiger partial charge on any atom is 0 e. The van der Waals surface area contributed by atoms with E-state index in [4.69, 9.17) is 85.9 Å². The molecule has 0 radical (unpaired) electrons. The molecular weight excluding hydrogens is 1750 g/mol. The van der Waals surface area contributed by atoms with Crippen molar-refractivity contribution in [2.45, 2.75) is 0 Å². The van der Waals surface area contributed by atoms with Gasteiger partial charge in [0, 0.05) is 21.1 Å². The molecule has 0 rings (SSSR count). The van der Waals surface area contributed by atoms with Crippen LogP contribution in [0.2, 0.25) is 0 Å². The van der Waals surface area contributed by atoms with Gasteiger partial charge in [0.2, 0.25) is 0 Å². The van der Waals surface area contributed by atoms with Crippen LogP contribution in [0, 0.1) is 0 Å². The van der Waals surface area contributed by atoms with Crippen molar-refractivity contribution in [1.29, 1.82) is 0 Å². The Morgan fingerprint density at radius 2 is 0.216 bits per heavy atom. The van der Waals surface area contributed by atoms with E-state index in [9.17, 15) is 0 Å². The normalized spacial score (nSPS) is 9.41. The van der Waals surface area contributed by atoms with Gasteiger partial charge < -0.3 is 36.9 Å². The SMILES string of the molecule is [NH4+].[NH4+].[NH4+].[NH4+].[NH4+].[NH4+].[O]=[W](=[O])([O-])[O-].[O]=[W](=[O])([O-])[O-].[O]=[W](=[O])([O-])[O-].[O]=[W](=[O])([O-])[O-].[O]=[W](=[O])([O-])[O-].[O]=[W](=[O])([O-])[O-].[W]. The topological polar surface area (TPSA) is 701 Å². The average Bonchev–Trinajstić information content (AvgIpc) is 1.94. The minimum absolute atomic E-state index is 0. The monoisotopic (exact) mass is 1780 g/mol. The van der Waals surface area contributed by atoms with Crippen molar-refractivity contribution in [2.24, 2.45) is 0 Å². The molecule has 0 atom stereocenters. The fraction of sp³-hybridized carbons (Fsp3) is 0. The molecule has 0 aliphatic heterocycles. The van der Waals surface area contributed by atoms with Crippen LogP contribution in [-0.2, 0) is 162 Å². The van der Waals surface area contributed by atoms with Crippen molar-refractivity contribution in [3.05, 3.63) is 0 Å². The van der Waals surface area contributed by atoms with E-state index in [2.05, 4.69) is 0 Å². The van der Waals surface area contributed by atoms with E-state index in [0.29, 0.717) is 0 Å². The Balaban J connectivity index is -0.0000000164. The summed E-state index contributed by atoms with van der Waals surface area (Å²) < 4.78 is 208. The second-order valence-electron chi connectivity index (χ2n) is 2.45. The van der Waals surface area contributed by atoms with Crippen LogP contribution in [0.5, 0.6) is 0 Å². The number of quaternary nitrogens is 6. The first kappa shape index (κ1) is 83.3. The smallest absolute Gasteiger partial charge is 0 e. The molecule has 0 spiro atoms. The van der Waals surface area contributed by atoms with Gasteiger partial charge in [-0.3, -0.25) is 0 Å². The van der Waals surface area contributed by atoms with Crippen molar-refractivity contribution in [2.75, 3.05) is 0 Å². The summed E-state index contributed by atoms with van der Waals surface area (Å²) in [6, 6.07) is 0. The van der Waals surface area contributed by atoms with Gasteiger partial charge in [-0.2, -0.15) is 0 Å². The van der Waals surface area contributed by atoms with E-state index >= 15 is 0 Å². The average molecular weight is 1780 g/mol. The van der Waals surface area contributed by atoms with Gasteiger partial charge in [-0.25, -0.2) is 0 Å². The molecular formula is H24N6O24W7-6. The van der Waals surface area contributed by atoms with Gasteiger partial charge in [-0.1, -0.05) is 0 Å². The Hall–Kier alpha value is 1.70. The molecule has 0 heterocycles. The largest absolute Gasteiger partial charge is 0 e. The molecule has 30 nitrogen and oxygen atoms in total. The van der Waals surface area contributed by atoms with Crippen LogP contribution >= 0.6 is 0 Å². The molecule has 24 N–H and O–H groups in total. The minimum atomic E-state index is -6.17. The summed E-state index contributed by atoms with van der Waals surface area (Å²) in [4.78, 5) is 0. The number of hydrogen-bond donors (Lipinski definition) is 6. The van der Waals surface area contributed by atoms with Gasteiger partial charge in [0.1, 0.15) is 0 Å². The summed E-state index contributed by atoms with van der Waals surface area (Å²) >= 11 is -37.0. The summed E-state index contributed by atoms with van der Waals surface area (Å²) in [7, 11) is 0. The van der Waals surface area contributed by atoms with Crippen molar-refractivity contribution in [3.63, 3.8) is 0 Å². The first-order valence-corrected chi connectivity index (χ1v) is 32.7. The first-order chi connectivity index (χ1) is 12.0. The van der Waals surface area contributed by atoms with Gasteiger partial charge in [-0.05, 0) is 0 Å². The molecule has 246 valence electrons. The van der Waals surface area contributed by atoms with Gasteiger partial charge in [0.25, 0.3) is 0 Å². The van der Waals surface area contributed by atoms with Crippen molar-refractivity contribution in [3.8, 4) is 0 Å². The number of rotatable bonds is 0. The van der Waals surface area contributed by atoms with Crippen LogP contribution < -0.4 is 82.0 Å². The fourth-order valence-corrected chi connectivity index (χ4v) is 0. The fourth-order valence-electron chi connectivity index (χ4n) is 0. The third kappa shape index (κ3) is 16700. The molecule has 0 aromatic carbocycles. The Morgan fingerprint density at radius 3 is 0.216 bits per heavy atom. The third-order valence-corrected chi connectivity index (χ3v) is 0. The maximum Gasteiger partial charge on any atom is 0 e. The second kappa shape index (κ2) is 35.7. The van der Waals surface area contributed by atoms with Crippen LogP contribution in [0.1, 0.15) is 0 Å². The van der Waals surface area contributed by atoms with E-state index in [1.54, 1.807) is 0 Å². The summed E-state index contributed by atoms with van der Waals surface area (Å²) in [5.41, 5.74) is 0. The van der Waals surface area contributed by atoms with Crippen molar-refractivity contribution in [1.82, 2.24) is 36.9 Å². The molecule has 0 bridgehead atoms.